The molecule has 0 aliphatic rings. The van der Waals surface area contributed by atoms with Crippen molar-refractivity contribution in [1.82, 2.24) is 9.78 Å². The first kappa shape index (κ1) is 14.1. The van der Waals surface area contributed by atoms with Crippen LogP contribution < -0.4 is 5.32 Å². The monoisotopic (exact) mass is 283 g/mol. The second-order valence-corrected chi connectivity index (χ2v) is 4.34. The van der Waals surface area contributed by atoms with Crippen molar-refractivity contribution in [3.05, 3.63) is 41.6 Å². The van der Waals surface area contributed by atoms with E-state index in [1.54, 1.807) is 24.3 Å². The predicted octanol–water partition coefficient (Wildman–Crippen LogP) is 3.16. The lowest BCUT2D eigenvalue weighted by Gasteiger charge is -2.07. The number of nitrogens with one attached hydrogen (secondary N) is 1. The molecule has 2 rings (SSSR count). The molecule has 0 saturated carbocycles. The van der Waals surface area contributed by atoms with Crippen LogP contribution in [0.2, 0.25) is 0 Å². The summed E-state index contributed by atoms with van der Waals surface area (Å²) in [7, 11) is 0. The lowest BCUT2D eigenvalue weighted by molar-refractivity contribution is -0.141. The highest BCUT2D eigenvalue weighted by Crippen LogP contribution is 2.31. The Morgan fingerprint density at radius 2 is 1.85 bits per heavy atom. The average molecular weight is 283 g/mol. The zero-order chi connectivity index (χ0) is 14.9. The Morgan fingerprint density at radius 3 is 2.35 bits per heavy atom. The Labute approximate surface area is 113 Å². The fraction of sp³-hybridized carbons (Fsp3) is 0.231. The summed E-state index contributed by atoms with van der Waals surface area (Å²) in [4.78, 5) is 11.1. The molecule has 1 N–H and O–H groups in total. The van der Waals surface area contributed by atoms with Gasteiger partial charge in [0.15, 0.2) is 5.69 Å². The van der Waals surface area contributed by atoms with E-state index in [4.69, 9.17) is 0 Å². The first-order valence-corrected chi connectivity index (χ1v) is 5.79. The van der Waals surface area contributed by atoms with E-state index in [2.05, 4.69) is 10.4 Å². The van der Waals surface area contributed by atoms with E-state index in [0.717, 1.165) is 16.3 Å². The third-order valence-corrected chi connectivity index (χ3v) is 2.58. The maximum absolute atomic E-state index is 12.7. The summed E-state index contributed by atoms with van der Waals surface area (Å²) in [6, 6.07) is 7.58. The Morgan fingerprint density at radius 1 is 1.25 bits per heavy atom. The van der Waals surface area contributed by atoms with Gasteiger partial charge in [-0.1, -0.05) is 17.7 Å². The van der Waals surface area contributed by atoms with Gasteiger partial charge in [-0.2, -0.15) is 18.3 Å². The SMILES string of the molecule is CC(=O)Nc1cc(C(F)(F)F)nn1-c1ccc(C)cc1. The van der Waals surface area contributed by atoms with Crippen LogP contribution in [0.4, 0.5) is 19.0 Å². The highest BCUT2D eigenvalue weighted by molar-refractivity contribution is 5.88. The van der Waals surface area contributed by atoms with E-state index in [-0.39, 0.29) is 5.82 Å². The molecule has 0 spiro atoms. The number of alkyl halides is 3. The van der Waals surface area contributed by atoms with E-state index >= 15 is 0 Å². The van der Waals surface area contributed by atoms with Crippen molar-refractivity contribution < 1.29 is 18.0 Å². The van der Waals surface area contributed by atoms with Crippen molar-refractivity contribution in [1.29, 1.82) is 0 Å². The van der Waals surface area contributed by atoms with E-state index < -0.39 is 17.8 Å². The Kier molecular flexibility index (Phi) is 3.52. The molecule has 0 saturated heterocycles. The van der Waals surface area contributed by atoms with Crippen LogP contribution in [0.5, 0.6) is 0 Å². The van der Waals surface area contributed by atoms with Gasteiger partial charge in [0, 0.05) is 13.0 Å². The molecule has 106 valence electrons. The van der Waals surface area contributed by atoms with Crippen LogP contribution in [-0.2, 0) is 11.0 Å². The van der Waals surface area contributed by atoms with Crippen molar-refractivity contribution in [2.24, 2.45) is 0 Å². The zero-order valence-corrected chi connectivity index (χ0v) is 10.8. The number of anilines is 1. The molecular weight excluding hydrogens is 271 g/mol. The molecule has 0 radical (unpaired) electrons. The molecular formula is C13H12F3N3O. The first-order chi connectivity index (χ1) is 9.27. The first-order valence-electron chi connectivity index (χ1n) is 5.79. The number of rotatable bonds is 2. The summed E-state index contributed by atoms with van der Waals surface area (Å²) in [5, 5.41) is 5.85. The maximum Gasteiger partial charge on any atom is 0.435 e. The fourth-order valence-electron chi connectivity index (χ4n) is 1.67. The summed E-state index contributed by atoms with van der Waals surface area (Å²) >= 11 is 0. The largest absolute Gasteiger partial charge is 0.435 e. The van der Waals surface area contributed by atoms with Crippen molar-refractivity contribution in [3.63, 3.8) is 0 Å². The summed E-state index contributed by atoms with van der Waals surface area (Å²) < 4.78 is 39.2. The van der Waals surface area contributed by atoms with E-state index in [0.29, 0.717) is 5.69 Å². The molecule has 0 aliphatic heterocycles. The van der Waals surface area contributed by atoms with Gasteiger partial charge >= 0.3 is 6.18 Å². The number of carbonyl (C=O) groups is 1. The van der Waals surface area contributed by atoms with Crippen LogP contribution in [-0.4, -0.2) is 15.7 Å². The second-order valence-electron chi connectivity index (χ2n) is 4.34. The molecule has 4 nitrogen and oxygen atoms in total. The molecule has 1 amide bonds. The number of benzene rings is 1. The highest BCUT2D eigenvalue weighted by Gasteiger charge is 2.35. The van der Waals surface area contributed by atoms with Gasteiger partial charge in [-0.25, -0.2) is 4.68 Å². The average Bonchev–Trinajstić information content (AvgIpc) is 2.73. The Bertz CT molecular complexity index is 629. The van der Waals surface area contributed by atoms with Gasteiger partial charge < -0.3 is 5.32 Å². The van der Waals surface area contributed by atoms with Crippen LogP contribution in [0.15, 0.2) is 30.3 Å². The molecule has 1 heterocycles. The summed E-state index contributed by atoms with van der Waals surface area (Å²) in [6.07, 6.45) is -4.57. The van der Waals surface area contributed by atoms with Gasteiger partial charge in [-0.05, 0) is 19.1 Å². The molecule has 0 fully saturated rings. The summed E-state index contributed by atoms with van der Waals surface area (Å²) in [5.74, 6) is -0.485. The quantitative estimate of drug-likeness (QED) is 0.920. The summed E-state index contributed by atoms with van der Waals surface area (Å²) in [5.41, 5.74) is 0.356. The van der Waals surface area contributed by atoms with E-state index in [1.165, 1.54) is 6.92 Å². The van der Waals surface area contributed by atoms with Gasteiger partial charge in [-0.15, -0.1) is 0 Å². The fourth-order valence-corrected chi connectivity index (χ4v) is 1.67. The topological polar surface area (TPSA) is 46.9 Å². The summed E-state index contributed by atoms with van der Waals surface area (Å²) in [6.45, 7) is 3.09. The predicted molar refractivity (Wildman–Crippen MR) is 67.6 cm³/mol. The molecule has 0 aliphatic carbocycles. The highest BCUT2D eigenvalue weighted by atomic mass is 19.4. The van der Waals surface area contributed by atoms with Crippen molar-refractivity contribution in [3.8, 4) is 5.69 Å². The van der Waals surface area contributed by atoms with Crippen LogP contribution in [0, 0.1) is 6.92 Å². The Hall–Kier alpha value is -2.31. The molecule has 1 aromatic carbocycles. The minimum absolute atomic E-state index is 0.0197. The van der Waals surface area contributed by atoms with Crippen molar-refractivity contribution in [2.45, 2.75) is 20.0 Å². The van der Waals surface area contributed by atoms with Crippen LogP contribution in [0.1, 0.15) is 18.2 Å². The molecule has 7 heteroatoms. The number of nitrogens with zero attached hydrogens (tertiary/aromatic N) is 2. The number of hydrogen-bond acceptors (Lipinski definition) is 2. The molecule has 1 aromatic heterocycles. The lowest BCUT2D eigenvalue weighted by atomic mass is 10.2. The van der Waals surface area contributed by atoms with Crippen LogP contribution in [0.25, 0.3) is 5.69 Å². The maximum atomic E-state index is 12.7. The minimum atomic E-state index is -4.57. The minimum Gasteiger partial charge on any atom is -0.311 e. The molecule has 20 heavy (non-hydrogen) atoms. The molecule has 0 bridgehead atoms. The standard InChI is InChI=1S/C13H12F3N3O/c1-8-3-5-10(6-4-8)19-12(17-9(2)20)7-11(18-19)13(14,15)16/h3-7H,1-2H3,(H,17,20). The number of amides is 1. The lowest BCUT2D eigenvalue weighted by Crippen LogP contribution is -2.11. The number of carbonyl (C=O) groups excluding carboxylic acids is 1. The van der Waals surface area contributed by atoms with Gasteiger partial charge in [0.2, 0.25) is 5.91 Å². The van der Waals surface area contributed by atoms with Gasteiger partial charge in [-0.3, -0.25) is 4.79 Å². The van der Waals surface area contributed by atoms with Crippen LogP contribution >= 0.6 is 0 Å². The van der Waals surface area contributed by atoms with E-state index in [9.17, 15) is 18.0 Å². The van der Waals surface area contributed by atoms with Crippen molar-refractivity contribution >= 4 is 11.7 Å². The number of aryl methyl sites for hydroxylation is 1. The normalized spacial score (nSPS) is 11.4. The molecule has 0 atom stereocenters. The van der Waals surface area contributed by atoms with Crippen LogP contribution in [0.3, 0.4) is 0 Å². The van der Waals surface area contributed by atoms with Gasteiger partial charge in [0.1, 0.15) is 5.82 Å². The van der Waals surface area contributed by atoms with E-state index in [1.807, 2.05) is 6.92 Å². The molecule has 2 aromatic rings. The van der Waals surface area contributed by atoms with Gasteiger partial charge in [0.05, 0.1) is 5.69 Å². The van der Waals surface area contributed by atoms with Gasteiger partial charge in [0.25, 0.3) is 0 Å². The smallest absolute Gasteiger partial charge is 0.311 e. The Balaban J connectivity index is 2.52. The third kappa shape index (κ3) is 2.98. The number of aromatic nitrogens is 2. The van der Waals surface area contributed by atoms with Crippen molar-refractivity contribution in [2.75, 3.05) is 5.32 Å². The molecule has 0 unspecified atom stereocenters. The third-order valence-electron chi connectivity index (χ3n) is 2.58. The number of halogens is 3. The second kappa shape index (κ2) is 4.99. The zero-order valence-electron chi connectivity index (χ0n) is 10.8. The number of hydrogen-bond donors (Lipinski definition) is 1.